The molecule has 0 amide bonds. The number of phenolic OH excluding ortho intramolecular Hbond substituents is 1. The lowest BCUT2D eigenvalue weighted by atomic mass is 9.94. The predicted octanol–water partition coefficient (Wildman–Crippen LogP) is 5.32. The summed E-state index contributed by atoms with van der Waals surface area (Å²) in [5.41, 5.74) is 0.254. The molecule has 0 spiro atoms. The molecule has 2 aromatic carbocycles. The van der Waals surface area contributed by atoms with Crippen molar-refractivity contribution in [2.45, 2.75) is 62.9 Å². The monoisotopic (exact) mass is 591 g/mol. The van der Waals surface area contributed by atoms with Gasteiger partial charge in [-0.15, -0.1) is 0 Å². The minimum Gasteiger partial charge on any atom is -0.508 e. The average Bonchev–Trinajstić information content (AvgIpc) is 3.60. The molecule has 0 radical (unpaired) electrons. The Balaban J connectivity index is 1.28. The minimum atomic E-state index is -0.904. The maximum absolute atomic E-state index is 16.7. The third-order valence-electron chi connectivity index (χ3n) is 9.67. The van der Waals surface area contributed by atoms with E-state index < -0.39 is 23.3 Å². The number of halogens is 3. The normalized spacial score (nSPS) is 26.7. The van der Waals surface area contributed by atoms with Gasteiger partial charge in [0, 0.05) is 31.3 Å². The second-order valence-corrected chi connectivity index (χ2v) is 12.3. The second kappa shape index (κ2) is 9.92. The molecule has 2 aromatic heterocycles. The lowest BCUT2D eigenvalue weighted by Crippen LogP contribution is -2.43. The first kappa shape index (κ1) is 26.9. The van der Waals surface area contributed by atoms with Crippen LogP contribution in [0.2, 0.25) is 0 Å². The van der Waals surface area contributed by atoms with Gasteiger partial charge in [0.2, 0.25) is 0 Å². The Morgan fingerprint density at radius 1 is 1.19 bits per heavy atom. The molecular formula is C32H32F3N5O3. The fourth-order valence-corrected chi connectivity index (χ4v) is 7.57. The summed E-state index contributed by atoms with van der Waals surface area (Å²) in [6.45, 7) is 4.36. The summed E-state index contributed by atoms with van der Waals surface area (Å²) in [5.74, 6) is -0.681. The van der Waals surface area contributed by atoms with Gasteiger partial charge in [-0.3, -0.25) is 9.88 Å². The van der Waals surface area contributed by atoms with Crippen LogP contribution in [0, 0.1) is 11.6 Å². The quantitative estimate of drug-likeness (QED) is 0.323. The van der Waals surface area contributed by atoms with Gasteiger partial charge in [-0.2, -0.15) is 9.97 Å². The molecule has 43 heavy (non-hydrogen) atoms. The lowest BCUT2D eigenvalue weighted by Gasteiger charge is -2.31. The van der Waals surface area contributed by atoms with Gasteiger partial charge in [0.25, 0.3) is 0 Å². The van der Waals surface area contributed by atoms with E-state index in [0.717, 1.165) is 25.8 Å². The molecule has 3 saturated heterocycles. The van der Waals surface area contributed by atoms with Crippen LogP contribution in [0.4, 0.5) is 19.0 Å². The van der Waals surface area contributed by atoms with Crippen molar-refractivity contribution >= 4 is 27.5 Å². The van der Waals surface area contributed by atoms with Crippen LogP contribution in [0.15, 0.2) is 30.5 Å². The molecule has 1 saturated carbocycles. The Labute approximate surface area is 246 Å². The number of nitrogens with zero attached hydrogens (tertiary/aromatic N) is 5. The number of alkyl halides is 1. The predicted molar refractivity (Wildman–Crippen MR) is 155 cm³/mol. The van der Waals surface area contributed by atoms with Crippen LogP contribution in [0.3, 0.4) is 0 Å². The van der Waals surface area contributed by atoms with Crippen molar-refractivity contribution < 1.29 is 27.8 Å². The summed E-state index contributed by atoms with van der Waals surface area (Å²) >= 11 is 0. The van der Waals surface area contributed by atoms with Crippen LogP contribution in [0.5, 0.6) is 11.8 Å². The number of benzene rings is 2. The minimum absolute atomic E-state index is 0.0202. The highest BCUT2D eigenvalue weighted by atomic mass is 19.1. The molecule has 224 valence electrons. The number of morpholine rings is 1. The summed E-state index contributed by atoms with van der Waals surface area (Å²) in [6.07, 6.45) is 4.16. The Bertz CT molecular complexity index is 1770. The third-order valence-corrected chi connectivity index (χ3v) is 9.67. The summed E-state index contributed by atoms with van der Waals surface area (Å²) in [6, 6.07) is 6.01. The van der Waals surface area contributed by atoms with Crippen LogP contribution in [-0.4, -0.2) is 81.7 Å². The molecule has 4 fully saturated rings. The van der Waals surface area contributed by atoms with E-state index in [0.29, 0.717) is 60.1 Å². The Kier molecular flexibility index (Phi) is 6.20. The topological polar surface area (TPSA) is 83.8 Å². The first-order valence-corrected chi connectivity index (χ1v) is 15.1. The lowest BCUT2D eigenvalue weighted by molar-refractivity contribution is 0.102. The first-order valence-electron chi connectivity index (χ1n) is 15.1. The summed E-state index contributed by atoms with van der Waals surface area (Å²) in [7, 11) is 0. The van der Waals surface area contributed by atoms with Crippen LogP contribution in [-0.2, 0) is 11.2 Å². The van der Waals surface area contributed by atoms with Crippen molar-refractivity contribution in [3.05, 3.63) is 47.7 Å². The smallest absolute Gasteiger partial charge is 0.319 e. The van der Waals surface area contributed by atoms with Crippen molar-refractivity contribution in [1.29, 1.82) is 0 Å². The zero-order chi connectivity index (χ0) is 29.5. The zero-order valence-corrected chi connectivity index (χ0v) is 23.8. The Morgan fingerprint density at radius 2 is 2.07 bits per heavy atom. The van der Waals surface area contributed by atoms with Gasteiger partial charge in [-0.05, 0) is 66.8 Å². The molecule has 11 heteroatoms. The number of hydrogen-bond acceptors (Lipinski definition) is 8. The number of aromatic hydroxyl groups is 1. The standard InChI is InChI=1S/C32H32F3N5O3/c1-2-20-23(34)5-4-17-10-19(41)11-21(26(17)20)28-27(35)29-22(14-36-28)30(40-8-9-42-25-12-24(25)40)38-31(37-29)43-16-32-6-3-7-39(32)15-18(33)13-32/h4-5,10-11,14,18,24-25,41H,2-3,6-9,12-13,15-16H2,1H3/t18-,24?,25?,32+/m1/s1. The summed E-state index contributed by atoms with van der Waals surface area (Å²) in [5, 5.41) is 12.0. The Morgan fingerprint density at radius 3 is 2.93 bits per heavy atom. The number of fused-ring (bicyclic) bond motifs is 4. The van der Waals surface area contributed by atoms with Crippen molar-refractivity contribution in [3.63, 3.8) is 0 Å². The van der Waals surface area contributed by atoms with Gasteiger partial charge in [0.1, 0.15) is 41.4 Å². The summed E-state index contributed by atoms with van der Waals surface area (Å²) < 4.78 is 58.0. The number of ether oxygens (including phenoxy) is 2. The fraction of sp³-hybridized carbons (Fsp3) is 0.469. The van der Waals surface area contributed by atoms with Crippen molar-refractivity contribution in [3.8, 4) is 23.0 Å². The highest BCUT2D eigenvalue weighted by Crippen LogP contribution is 2.43. The average molecular weight is 592 g/mol. The highest BCUT2D eigenvalue weighted by Gasteiger charge is 2.50. The maximum Gasteiger partial charge on any atom is 0.319 e. The molecule has 3 aliphatic heterocycles. The molecule has 2 unspecified atom stereocenters. The number of phenols is 1. The molecule has 4 aromatic rings. The number of aryl methyl sites for hydroxylation is 1. The fourth-order valence-electron chi connectivity index (χ4n) is 7.57. The van der Waals surface area contributed by atoms with Crippen molar-refractivity contribution in [2.24, 2.45) is 0 Å². The van der Waals surface area contributed by atoms with E-state index in [1.165, 1.54) is 18.2 Å². The van der Waals surface area contributed by atoms with Crippen LogP contribution < -0.4 is 9.64 Å². The third kappa shape index (κ3) is 4.30. The van der Waals surface area contributed by atoms with Crippen LogP contribution >= 0.6 is 0 Å². The van der Waals surface area contributed by atoms with Crippen LogP contribution in [0.1, 0.15) is 38.2 Å². The number of hydrogen-bond donors (Lipinski definition) is 1. The van der Waals surface area contributed by atoms with Crippen molar-refractivity contribution in [1.82, 2.24) is 19.9 Å². The molecule has 4 atom stereocenters. The van der Waals surface area contributed by atoms with E-state index in [4.69, 9.17) is 14.5 Å². The van der Waals surface area contributed by atoms with Gasteiger partial charge in [0.15, 0.2) is 5.82 Å². The van der Waals surface area contributed by atoms with Crippen LogP contribution in [0.25, 0.3) is 32.9 Å². The number of rotatable bonds is 6. The number of pyridine rings is 1. The highest BCUT2D eigenvalue weighted by molar-refractivity contribution is 6.01. The van der Waals surface area contributed by atoms with E-state index in [-0.39, 0.29) is 47.3 Å². The summed E-state index contributed by atoms with van der Waals surface area (Å²) in [4.78, 5) is 18.1. The number of anilines is 1. The van der Waals surface area contributed by atoms with Gasteiger partial charge >= 0.3 is 6.01 Å². The molecular weight excluding hydrogens is 559 g/mol. The molecule has 4 aliphatic rings. The SMILES string of the molecule is CCc1c(F)ccc2cc(O)cc(-c3ncc4c(N5CCOC6CC65)nc(OC[C@@]56CCCN5C[C@H](F)C6)nc4c3F)c12. The molecule has 1 N–H and O–H groups in total. The van der Waals surface area contributed by atoms with E-state index >= 15 is 4.39 Å². The van der Waals surface area contributed by atoms with Crippen molar-refractivity contribution in [2.75, 3.05) is 37.7 Å². The van der Waals surface area contributed by atoms with Gasteiger partial charge in [-0.1, -0.05) is 13.0 Å². The maximum atomic E-state index is 16.7. The molecule has 8 rings (SSSR count). The molecule has 8 nitrogen and oxygen atoms in total. The van der Waals surface area contributed by atoms with E-state index in [1.807, 2.05) is 6.92 Å². The second-order valence-electron chi connectivity index (χ2n) is 12.3. The van der Waals surface area contributed by atoms with E-state index in [1.54, 1.807) is 12.3 Å². The van der Waals surface area contributed by atoms with Gasteiger partial charge < -0.3 is 19.5 Å². The number of aromatic nitrogens is 3. The molecule has 1 aliphatic carbocycles. The Hall–Kier alpha value is -3.70. The molecule has 5 heterocycles. The van der Waals surface area contributed by atoms with E-state index in [9.17, 15) is 13.9 Å². The zero-order valence-electron chi connectivity index (χ0n) is 23.8. The van der Waals surface area contributed by atoms with Gasteiger partial charge in [-0.25, -0.2) is 13.2 Å². The first-order chi connectivity index (χ1) is 20.8. The molecule has 0 bridgehead atoms. The van der Waals surface area contributed by atoms with E-state index in [2.05, 4.69) is 19.8 Å². The largest absolute Gasteiger partial charge is 0.508 e. The van der Waals surface area contributed by atoms with Gasteiger partial charge in [0.05, 0.1) is 29.7 Å².